The van der Waals surface area contributed by atoms with Crippen LogP contribution in [-0.4, -0.2) is 24.2 Å². The standard InChI is InChI=1S/C8H11BrNOP/c1-2-5-12(11)8-6-10-4-3-7(8)9/h3-4H,2,5-6H2,1H3. The Balaban J connectivity index is 2.80. The van der Waals surface area contributed by atoms with Gasteiger partial charge in [0.15, 0.2) is 5.29 Å². The Morgan fingerprint density at radius 2 is 2.50 bits per heavy atom. The van der Waals surface area contributed by atoms with Crippen LogP contribution in [0.25, 0.3) is 0 Å². The van der Waals surface area contributed by atoms with Gasteiger partial charge < -0.3 is 4.89 Å². The number of halogens is 1. The molecule has 0 saturated heterocycles. The van der Waals surface area contributed by atoms with Crippen LogP contribution in [0.3, 0.4) is 0 Å². The van der Waals surface area contributed by atoms with Gasteiger partial charge in [0.05, 0.1) is 12.3 Å². The molecule has 66 valence electrons. The molecule has 0 aromatic carbocycles. The summed E-state index contributed by atoms with van der Waals surface area (Å²) < 4.78 is 0.951. The molecule has 1 heterocycles. The summed E-state index contributed by atoms with van der Waals surface area (Å²) in [4.78, 5) is 15.6. The zero-order chi connectivity index (χ0) is 8.97. The molecule has 12 heavy (non-hydrogen) atoms. The summed E-state index contributed by atoms with van der Waals surface area (Å²) in [6.45, 7) is 2.63. The summed E-state index contributed by atoms with van der Waals surface area (Å²) in [6.07, 6.45) is 5.32. The first-order valence-corrected chi connectivity index (χ1v) is 6.16. The van der Waals surface area contributed by atoms with E-state index < -0.39 is 7.77 Å². The largest absolute Gasteiger partial charge is 0.630 e. The van der Waals surface area contributed by atoms with Crippen molar-refractivity contribution in [1.29, 1.82) is 0 Å². The molecule has 1 unspecified atom stereocenters. The number of dihydropyridines is 1. The molecule has 1 atom stereocenters. The van der Waals surface area contributed by atoms with E-state index in [4.69, 9.17) is 0 Å². The van der Waals surface area contributed by atoms with Crippen LogP contribution in [0.2, 0.25) is 0 Å². The summed E-state index contributed by atoms with van der Waals surface area (Å²) in [5.74, 6) is 0. The van der Waals surface area contributed by atoms with E-state index in [2.05, 4.69) is 20.9 Å². The predicted molar refractivity (Wildman–Crippen MR) is 57.5 cm³/mol. The van der Waals surface area contributed by atoms with Crippen LogP contribution in [-0.2, 0) is 0 Å². The minimum absolute atomic E-state index is 0.590. The number of allylic oxidation sites excluding steroid dienone is 1. The second kappa shape index (κ2) is 4.90. The second-order valence-electron chi connectivity index (χ2n) is 2.55. The quantitative estimate of drug-likeness (QED) is 0.685. The van der Waals surface area contributed by atoms with E-state index in [0.29, 0.717) is 6.54 Å². The molecule has 0 radical (unpaired) electrons. The van der Waals surface area contributed by atoms with Gasteiger partial charge in [-0.1, -0.05) is 6.92 Å². The fourth-order valence-corrected chi connectivity index (χ4v) is 3.03. The van der Waals surface area contributed by atoms with E-state index in [1.165, 1.54) is 0 Å². The second-order valence-corrected chi connectivity index (χ2v) is 5.15. The maximum Gasteiger partial charge on any atom is 0.152 e. The number of aliphatic imine (C=N–C) groups is 1. The van der Waals surface area contributed by atoms with Gasteiger partial charge in [0, 0.05) is 6.21 Å². The Hall–Kier alpha value is 0.0200. The van der Waals surface area contributed by atoms with Gasteiger partial charge in [-0.2, -0.15) is 0 Å². The first-order chi connectivity index (χ1) is 5.75. The van der Waals surface area contributed by atoms with E-state index in [9.17, 15) is 4.89 Å². The van der Waals surface area contributed by atoms with Crippen molar-refractivity contribution in [2.24, 2.45) is 4.99 Å². The van der Waals surface area contributed by atoms with Crippen LogP contribution in [0.1, 0.15) is 13.3 Å². The summed E-state index contributed by atoms with van der Waals surface area (Å²) >= 11 is 3.37. The molecular weight excluding hydrogens is 237 g/mol. The number of rotatable bonds is 2. The SMILES string of the molecule is CCC[P+]([O-])=C1CN=CC=C1Br. The monoisotopic (exact) mass is 247 g/mol. The van der Waals surface area contributed by atoms with Crippen molar-refractivity contribution < 1.29 is 4.89 Å². The normalized spacial score (nSPS) is 20.8. The molecule has 2 nitrogen and oxygen atoms in total. The Labute approximate surface area is 82.0 Å². The third-order valence-corrected chi connectivity index (χ3v) is 4.46. The molecule has 1 aliphatic rings. The fraction of sp³-hybridized carbons (Fsp3) is 0.500. The first kappa shape index (κ1) is 10.1. The smallest absolute Gasteiger partial charge is 0.152 e. The minimum atomic E-state index is -1.20. The number of hydrogen-bond donors (Lipinski definition) is 0. The van der Waals surface area contributed by atoms with Gasteiger partial charge in [-0.05, 0) is 28.4 Å². The highest BCUT2D eigenvalue weighted by atomic mass is 79.9. The van der Waals surface area contributed by atoms with Crippen LogP contribution in [0.5, 0.6) is 0 Å². The maximum atomic E-state index is 11.6. The van der Waals surface area contributed by atoms with Crippen molar-refractivity contribution in [2.75, 3.05) is 12.7 Å². The highest BCUT2D eigenvalue weighted by molar-refractivity contribution is 9.12. The van der Waals surface area contributed by atoms with Gasteiger partial charge >= 0.3 is 0 Å². The van der Waals surface area contributed by atoms with Gasteiger partial charge in [0.25, 0.3) is 0 Å². The third kappa shape index (κ3) is 2.51. The lowest BCUT2D eigenvalue weighted by Gasteiger charge is -2.06. The Bertz CT molecular complexity index is 258. The highest BCUT2D eigenvalue weighted by Gasteiger charge is 2.14. The summed E-state index contributed by atoms with van der Waals surface area (Å²) in [6, 6.07) is 0. The van der Waals surface area contributed by atoms with Crippen molar-refractivity contribution in [2.45, 2.75) is 13.3 Å². The van der Waals surface area contributed by atoms with Crippen molar-refractivity contribution in [3.8, 4) is 0 Å². The van der Waals surface area contributed by atoms with E-state index >= 15 is 0 Å². The Kier molecular flexibility index (Phi) is 4.13. The molecule has 0 aliphatic carbocycles. The van der Waals surface area contributed by atoms with Crippen LogP contribution >= 0.6 is 23.7 Å². The lowest BCUT2D eigenvalue weighted by Crippen LogP contribution is -2.11. The molecule has 1 aliphatic heterocycles. The highest BCUT2D eigenvalue weighted by Crippen LogP contribution is 2.24. The van der Waals surface area contributed by atoms with Crippen LogP contribution in [0.4, 0.5) is 0 Å². The van der Waals surface area contributed by atoms with Crippen molar-refractivity contribution >= 4 is 35.2 Å². The number of nitrogens with zero attached hydrogens (tertiary/aromatic N) is 1. The lowest BCUT2D eigenvalue weighted by molar-refractivity contribution is -0.152. The van der Waals surface area contributed by atoms with E-state index in [1.807, 2.05) is 13.0 Å². The molecule has 0 aromatic heterocycles. The maximum absolute atomic E-state index is 11.6. The summed E-state index contributed by atoms with van der Waals surface area (Å²) in [5.41, 5.74) is 0. The Morgan fingerprint density at radius 3 is 3.08 bits per heavy atom. The van der Waals surface area contributed by atoms with Gasteiger partial charge in [0.1, 0.15) is 12.7 Å². The third-order valence-electron chi connectivity index (χ3n) is 1.57. The topological polar surface area (TPSA) is 35.4 Å². The van der Waals surface area contributed by atoms with Crippen LogP contribution < -0.4 is 4.89 Å². The molecule has 0 aromatic rings. The van der Waals surface area contributed by atoms with Gasteiger partial charge in [-0.25, -0.2) is 0 Å². The van der Waals surface area contributed by atoms with Crippen LogP contribution in [0, 0.1) is 0 Å². The van der Waals surface area contributed by atoms with Gasteiger partial charge in [-0.15, -0.1) is 0 Å². The molecule has 0 spiro atoms. The average Bonchev–Trinajstić information content (AvgIpc) is 2.05. The predicted octanol–water partition coefficient (Wildman–Crippen LogP) is 1.69. The fourth-order valence-electron chi connectivity index (χ4n) is 0.965. The Morgan fingerprint density at radius 1 is 1.75 bits per heavy atom. The number of hydrogen-bond acceptors (Lipinski definition) is 2. The van der Waals surface area contributed by atoms with Crippen molar-refractivity contribution in [1.82, 2.24) is 0 Å². The minimum Gasteiger partial charge on any atom is -0.630 e. The zero-order valence-electron chi connectivity index (χ0n) is 6.96. The molecule has 0 amide bonds. The zero-order valence-corrected chi connectivity index (χ0v) is 9.44. The van der Waals surface area contributed by atoms with Crippen molar-refractivity contribution in [3.63, 3.8) is 0 Å². The van der Waals surface area contributed by atoms with Gasteiger partial charge in [0.2, 0.25) is 0 Å². The molecule has 4 heteroatoms. The molecular formula is C8H11BrNOP. The molecule has 0 saturated carbocycles. The summed E-state index contributed by atoms with van der Waals surface area (Å²) in [7, 11) is -1.20. The lowest BCUT2D eigenvalue weighted by atomic mass is 10.3. The molecule has 1 rings (SSSR count). The van der Waals surface area contributed by atoms with E-state index in [0.717, 1.165) is 22.4 Å². The summed E-state index contributed by atoms with van der Waals surface area (Å²) in [5, 5.41) is 0.953. The van der Waals surface area contributed by atoms with Crippen molar-refractivity contribution in [3.05, 3.63) is 10.6 Å². The van der Waals surface area contributed by atoms with Crippen LogP contribution in [0.15, 0.2) is 15.6 Å². The first-order valence-electron chi connectivity index (χ1n) is 3.92. The molecule has 0 bridgehead atoms. The van der Waals surface area contributed by atoms with E-state index in [-0.39, 0.29) is 0 Å². The van der Waals surface area contributed by atoms with Gasteiger partial charge in [-0.3, -0.25) is 4.99 Å². The average molecular weight is 248 g/mol. The molecule has 0 N–H and O–H groups in total. The van der Waals surface area contributed by atoms with E-state index in [1.54, 1.807) is 6.21 Å². The molecule has 0 fully saturated rings.